The molecule has 1 aliphatic heterocycles. The van der Waals surface area contributed by atoms with Gasteiger partial charge in [0.15, 0.2) is 0 Å². The van der Waals surface area contributed by atoms with Gasteiger partial charge in [-0.25, -0.2) is 0 Å². The molecular weight excluding hydrogens is 292 g/mol. The van der Waals surface area contributed by atoms with Crippen molar-refractivity contribution in [2.75, 3.05) is 23.4 Å². The molecule has 0 bridgehead atoms. The molecule has 3 rings (SSSR count). The minimum absolute atomic E-state index is 0.227. The zero-order valence-corrected chi connectivity index (χ0v) is 15.9. The quantitative estimate of drug-likeness (QED) is 0.719. The van der Waals surface area contributed by atoms with Crippen molar-refractivity contribution < 1.29 is 0 Å². The summed E-state index contributed by atoms with van der Waals surface area (Å²) in [6, 6.07) is 16.3. The molecule has 2 aromatic carbocycles. The lowest BCUT2D eigenvalue weighted by Gasteiger charge is -2.43. The second-order valence-corrected chi connectivity index (χ2v) is 8.02. The smallest absolute Gasteiger partial charge is 0.0412 e. The van der Waals surface area contributed by atoms with E-state index in [1.165, 1.54) is 34.6 Å². The molecule has 2 heteroatoms. The average Bonchev–Trinajstić information content (AvgIpc) is 2.54. The number of aryl methyl sites for hydroxylation is 1. The summed E-state index contributed by atoms with van der Waals surface area (Å²) < 4.78 is 0. The Bertz CT molecular complexity index is 713. The first kappa shape index (κ1) is 16.9. The molecule has 2 nitrogen and oxygen atoms in total. The van der Waals surface area contributed by atoms with Crippen molar-refractivity contribution in [3.8, 4) is 0 Å². The molecule has 1 heterocycles. The summed E-state index contributed by atoms with van der Waals surface area (Å²) in [6.07, 6.45) is 1.20. The van der Waals surface area contributed by atoms with E-state index in [1.54, 1.807) is 0 Å². The van der Waals surface area contributed by atoms with Crippen LogP contribution in [-0.2, 0) is 5.41 Å². The van der Waals surface area contributed by atoms with Gasteiger partial charge >= 0.3 is 0 Å². The van der Waals surface area contributed by atoms with Crippen molar-refractivity contribution in [3.63, 3.8) is 0 Å². The van der Waals surface area contributed by atoms with E-state index in [4.69, 9.17) is 0 Å². The van der Waals surface area contributed by atoms with Gasteiger partial charge in [0.1, 0.15) is 0 Å². The minimum Gasteiger partial charge on any atom is -0.369 e. The van der Waals surface area contributed by atoms with Crippen LogP contribution in [0.3, 0.4) is 0 Å². The average molecular weight is 322 g/mol. The normalized spacial score (nSPS) is 16.2. The maximum absolute atomic E-state index is 2.54. The number of benzene rings is 2. The van der Waals surface area contributed by atoms with Gasteiger partial charge in [0.25, 0.3) is 0 Å². The molecule has 0 spiro atoms. The predicted molar refractivity (Wildman–Crippen MR) is 106 cm³/mol. The first-order valence-electron chi connectivity index (χ1n) is 9.01. The van der Waals surface area contributed by atoms with Crippen LogP contribution in [0.2, 0.25) is 0 Å². The van der Waals surface area contributed by atoms with Crippen LogP contribution in [-0.4, -0.2) is 19.6 Å². The number of nitrogens with zero attached hydrogens (tertiary/aromatic N) is 2. The standard InChI is InChI=1S/C22H30N2/c1-16(2)24-14-13-22(4,5)20-15-19(11-12-21(20)24)23(6)18-9-7-17(3)8-10-18/h7-12,15-16H,13-14H2,1-6H3. The topological polar surface area (TPSA) is 6.48 Å². The van der Waals surface area contributed by atoms with Gasteiger partial charge in [-0.1, -0.05) is 31.5 Å². The third-order valence-electron chi connectivity index (χ3n) is 5.43. The van der Waals surface area contributed by atoms with E-state index in [-0.39, 0.29) is 5.41 Å². The molecule has 1 aliphatic rings. The molecule has 0 aromatic heterocycles. The second-order valence-electron chi connectivity index (χ2n) is 8.02. The van der Waals surface area contributed by atoms with Gasteiger partial charge in [-0.05, 0) is 68.5 Å². The maximum atomic E-state index is 2.54. The number of anilines is 3. The van der Waals surface area contributed by atoms with E-state index in [0.29, 0.717) is 6.04 Å². The van der Waals surface area contributed by atoms with E-state index in [2.05, 4.69) is 93.9 Å². The van der Waals surface area contributed by atoms with Gasteiger partial charge in [-0.2, -0.15) is 0 Å². The maximum Gasteiger partial charge on any atom is 0.0412 e. The van der Waals surface area contributed by atoms with Crippen LogP contribution in [0, 0.1) is 6.92 Å². The van der Waals surface area contributed by atoms with E-state index >= 15 is 0 Å². The van der Waals surface area contributed by atoms with Gasteiger partial charge in [-0.3, -0.25) is 0 Å². The predicted octanol–water partition coefficient (Wildman–Crippen LogP) is 5.66. The van der Waals surface area contributed by atoms with Crippen molar-refractivity contribution in [2.45, 2.75) is 52.5 Å². The van der Waals surface area contributed by atoms with E-state index in [0.717, 1.165) is 6.54 Å². The number of hydrogen-bond donors (Lipinski definition) is 0. The molecule has 0 amide bonds. The summed E-state index contributed by atoms with van der Waals surface area (Å²) in [7, 11) is 2.16. The number of hydrogen-bond acceptors (Lipinski definition) is 2. The summed E-state index contributed by atoms with van der Waals surface area (Å²) >= 11 is 0. The molecule has 128 valence electrons. The fraction of sp³-hybridized carbons (Fsp3) is 0.455. The molecule has 0 saturated carbocycles. The minimum atomic E-state index is 0.227. The summed E-state index contributed by atoms with van der Waals surface area (Å²) in [5.41, 5.74) is 6.89. The van der Waals surface area contributed by atoms with Crippen molar-refractivity contribution >= 4 is 17.1 Å². The molecule has 0 fully saturated rings. The number of rotatable bonds is 3. The highest BCUT2D eigenvalue weighted by Gasteiger charge is 2.32. The van der Waals surface area contributed by atoms with Gasteiger partial charge in [0.05, 0.1) is 0 Å². The highest BCUT2D eigenvalue weighted by atomic mass is 15.2. The third-order valence-corrected chi connectivity index (χ3v) is 5.43. The zero-order valence-electron chi connectivity index (χ0n) is 15.9. The lowest BCUT2D eigenvalue weighted by molar-refractivity contribution is 0.442. The highest BCUT2D eigenvalue weighted by molar-refractivity contribution is 5.70. The Morgan fingerprint density at radius 3 is 2.25 bits per heavy atom. The zero-order chi connectivity index (χ0) is 17.5. The van der Waals surface area contributed by atoms with Gasteiger partial charge in [0, 0.05) is 36.7 Å². The SMILES string of the molecule is Cc1ccc(N(C)c2ccc3c(c2)C(C)(C)CCN3C(C)C)cc1. The van der Waals surface area contributed by atoms with Crippen LogP contribution in [0.25, 0.3) is 0 Å². The Hall–Kier alpha value is -1.96. The molecule has 0 aliphatic carbocycles. The lowest BCUT2D eigenvalue weighted by Crippen LogP contribution is -2.41. The van der Waals surface area contributed by atoms with Crippen LogP contribution in [0.1, 0.15) is 45.2 Å². The van der Waals surface area contributed by atoms with E-state index in [9.17, 15) is 0 Å². The van der Waals surface area contributed by atoms with Crippen molar-refractivity contribution in [1.82, 2.24) is 0 Å². The van der Waals surface area contributed by atoms with Gasteiger partial charge < -0.3 is 9.80 Å². The summed E-state index contributed by atoms with van der Waals surface area (Å²) in [5.74, 6) is 0. The first-order valence-corrected chi connectivity index (χ1v) is 9.01. The van der Waals surface area contributed by atoms with Crippen molar-refractivity contribution in [2.24, 2.45) is 0 Å². The molecule has 24 heavy (non-hydrogen) atoms. The molecule has 0 unspecified atom stereocenters. The van der Waals surface area contributed by atoms with Gasteiger partial charge in [0.2, 0.25) is 0 Å². The van der Waals surface area contributed by atoms with E-state index in [1.807, 2.05) is 0 Å². The lowest BCUT2D eigenvalue weighted by atomic mass is 9.77. The molecule has 2 aromatic rings. The number of fused-ring (bicyclic) bond motifs is 1. The largest absolute Gasteiger partial charge is 0.369 e. The monoisotopic (exact) mass is 322 g/mol. The molecule has 0 saturated heterocycles. The Balaban J connectivity index is 2.01. The summed E-state index contributed by atoms with van der Waals surface area (Å²) in [6.45, 7) is 12.6. The Morgan fingerprint density at radius 2 is 1.62 bits per heavy atom. The Kier molecular flexibility index (Phi) is 4.33. The first-order chi connectivity index (χ1) is 11.3. The molecule has 0 radical (unpaired) electrons. The molecule has 0 atom stereocenters. The van der Waals surface area contributed by atoms with Gasteiger partial charge in [-0.15, -0.1) is 0 Å². The molecule has 0 N–H and O–H groups in total. The van der Waals surface area contributed by atoms with Crippen LogP contribution >= 0.6 is 0 Å². The van der Waals surface area contributed by atoms with Crippen molar-refractivity contribution in [3.05, 3.63) is 53.6 Å². The third kappa shape index (κ3) is 3.02. The highest BCUT2D eigenvalue weighted by Crippen LogP contribution is 2.42. The van der Waals surface area contributed by atoms with E-state index < -0.39 is 0 Å². The molecular formula is C22H30N2. The summed E-state index contributed by atoms with van der Waals surface area (Å²) in [4.78, 5) is 4.82. The van der Waals surface area contributed by atoms with Crippen LogP contribution in [0.4, 0.5) is 17.1 Å². The Labute approximate surface area is 147 Å². The van der Waals surface area contributed by atoms with Crippen LogP contribution < -0.4 is 9.80 Å². The second kappa shape index (κ2) is 6.16. The fourth-order valence-electron chi connectivity index (χ4n) is 3.63. The summed E-state index contributed by atoms with van der Waals surface area (Å²) in [5, 5.41) is 0. The Morgan fingerprint density at radius 1 is 1.00 bits per heavy atom. The van der Waals surface area contributed by atoms with Crippen LogP contribution in [0.5, 0.6) is 0 Å². The van der Waals surface area contributed by atoms with Crippen LogP contribution in [0.15, 0.2) is 42.5 Å². The van der Waals surface area contributed by atoms with Crippen molar-refractivity contribution in [1.29, 1.82) is 0 Å². The fourth-order valence-corrected chi connectivity index (χ4v) is 3.63.